The molecule has 0 radical (unpaired) electrons. The maximum atomic E-state index is 5.91. The van der Waals surface area contributed by atoms with Gasteiger partial charge in [-0.05, 0) is 36.1 Å². The molecule has 1 aromatic heterocycles. The lowest BCUT2D eigenvalue weighted by Crippen LogP contribution is -1.96. The normalized spacial score (nSPS) is 10.4. The second kappa shape index (κ2) is 4.35. The Balaban J connectivity index is 2.50. The Bertz CT molecular complexity index is 466. The van der Waals surface area contributed by atoms with Crippen molar-refractivity contribution in [2.75, 3.05) is 5.73 Å². The van der Waals surface area contributed by atoms with E-state index in [-0.39, 0.29) is 0 Å². The van der Waals surface area contributed by atoms with Crippen LogP contribution in [0.15, 0.2) is 36.5 Å². The minimum absolute atomic E-state index is 0.601. The molecule has 16 heavy (non-hydrogen) atoms. The molecule has 82 valence electrons. The first-order valence-electron chi connectivity index (χ1n) is 5.52. The smallest absolute Gasteiger partial charge is 0.131 e. The zero-order chi connectivity index (χ0) is 11.5. The molecular weight excluding hydrogens is 196 g/mol. The van der Waals surface area contributed by atoms with Gasteiger partial charge in [0.05, 0.1) is 0 Å². The van der Waals surface area contributed by atoms with Gasteiger partial charge in [0.15, 0.2) is 0 Å². The fourth-order valence-corrected chi connectivity index (χ4v) is 1.86. The van der Waals surface area contributed by atoms with E-state index in [9.17, 15) is 0 Å². The van der Waals surface area contributed by atoms with Gasteiger partial charge in [-0.3, -0.25) is 0 Å². The van der Waals surface area contributed by atoms with Crippen LogP contribution >= 0.6 is 0 Å². The molecule has 2 N–H and O–H groups in total. The summed E-state index contributed by atoms with van der Waals surface area (Å²) in [4.78, 5) is 4.14. The number of nitrogens with zero attached hydrogens (tertiary/aromatic N) is 1. The van der Waals surface area contributed by atoms with E-state index in [0.717, 1.165) is 23.1 Å². The first kappa shape index (κ1) is 10.7. The molecule has 0 fully saturated rings. The highest BCUT2D eigenvalue weighted by atomic mass is 14.8. The van der Waals surface area contributed by atoms with E-state index in [0.29, 0.717) is 5.82 Å². The minimum atomic E-state index is 0.601. The monoisotopic (exact) mass is 212 g/mol. The largest absolute Gasteiger partial charge is 0.383 e. The number of pyridine rings is 1. The standard InChI is InChI=1S/C14H16N2/c1-3-11-4-6-12(7-5-11)13-10(2)8-9-16-14(13)15/h4-9H,3H2,1-2H3,(H2,15,16). The minimum Gasteiger partial charge on any atom is -0.383 e. The summed E-state index contributed by atoms with van der Waals surface area (Å²) < 4.78 is 0. The van der Waals surface area contributed by atoms with E-state index in [1.165, 1.54) is 5.56 Å². The van der Waals surface area contributed by atoms with E-state index >= 15 is 0 Å². The van der Waals surface area contributed by atoms with Crippen molar-refractivity contribution in [1.82, 2.24) is 4.98 Å². The predicted octanol–water partition coefficient (Wildman–Crippen LogP) is 3.20. The number of aromatic nitrogens is 1. The van der Waals surface area contributed by atoms with Crippen molar-refractivity contribution in [3.8, 4) is 11.1 Å². The molecule has 0 bridgehead atoms. The fraction of sp³-hybridized carbons (Fsp3) is 0.214. The molecule has 2 rings (SSSR count). The van der Waals surface area contributed by atoms with Crippen LogP contribution < -0.4 is 5.73 Å². The van der Waals surface area contributed by atoms with Gasteiger partial charge in [-0.1, -0.05) is 31.2 Å². The summed E-state index contributed by atoms with van der Waals surface area (Å²) in [6.07, 6.45) is 2.80. The summed E-state index contributed by atoms with van der Waals surface area (Å²) in [6, 6.07) is 10.5. The van der Waals surface area contributed by atoms with Gasteiger partial charge in [-0.25, -0.2) is 4.98 Å². The van der Waals surface area contributed by atoms with Gasteiger partial charge in [-0.15, -0.1) is 0 Å². The van der Waals surface area contributed by atoms with Crippen LogP contribution in [0.25, 0.3) is 11.1 Å². The number of benzene rings is 1. The lowest BCUT2D eigenvalue weighted by molar-refractivity contribution is 1.14. The number of hydrogen-bond donors (Lipinski definition) is 1. The Kier molecular flexibility index (Phi) is 2.91. The fourth-order valence-electron chi connectivity index (χ4n) is 1.86. The van der Waals surface area contributed by atoms with Crippen molar-refractivity contribution in [2.45, 2.75) is 20.3 Å². The van der Waals surface area contributed by atoms with Gasteiger partial charge in [0.2, 0.25) is 0 Å². The Hall–Kier alpha value is -1.83. The van der Waals surface area contributed by atoms with Crippen LogP contribution in [0.4, 0.5) is 5.82 Å². The van der Waals surface area contributed by atoms with E-state index in [1.807, 2.05) is 6.07 Å². The van der Waals surface area contributed by atoms with Crippen molar-refractivity contribution in [3.63, 3.8) is 0 Å². The van der Waals surface area contributed by atoms with Crippen LogP contribution in [0, 0.1) is 6.92 Å². The number of hydrogen-bond acceptors (Lipinski definition) is 2. The molecule has 2 nitrogen and oxygen atoms in total. The first-order valence-corrected chi connectivity index (χ1v) is 5.52. The Labute approximate surface area is 96.1 Å². The number of nitrogens with two attached hydrogens (primary N) is 1. The summed E-state index contributed by atoms with van der Waals surface area (Å²) >= 11 is 0. The highest BCUT2D eigenvalue weighted by Gasteiger charge is 2.06. The Morgan fingerprint density at radius 1 is 1.12 bits per heavy atom. The molecule has 0 atom stereocenters. The second-order valence-electron chi connectivity index (χ2n) is 3.94. The summed E-state index contributed by atoms with van der Waals surface area (Å²) in [5, 5.41) is 0. The van der Waals surface area contributed by atoms with E-state index in [1.54, 1.807) is 6.20 Å². The molecule has 0 spiro atoms. The molecule has 0 amide bonds. The molecule has 0 saturated carbocycles. The highest BCUT2D eigenvalue weighted by Crippen LogP contribution is 2.27. The summed E-state index contributed by atoms with van der Waals surface area (Å²) in [7, 11) is 0. The number of nitrogen functional groups attached to an aromatic ring is 1. The molecule has 0 aliphatic carbocycles. The van der Waals surface area contributed by atoms with Crippen molar-refractivity contribution >= 4 is 5.82 Å². The molecule has 0 aliphatic rings. The molecule has 2 heteroatoms. The zero-order valence-electron chi connectivity index (χ0n) is 9.70. The highest BCUT2D eigenvalue weighted by molar-refractivity contribution is 5.76. The topological polar surface area (TPSA) is 38.9 Å². The molecule has 0 aliphatic heterocycles. The van der Waals surface area contributed by atoms with Crippen LogP contribution in [-0.2, 0) is 6.42 Å². The van der Waals surface area contributed by atoms with E-state index in [2.05, 4.69) is 43.1 Å². The van der Waals surface area contributed by atoms with Crippen LogP contribution in [0.1, 0.15) is 18.1 Å². The molecule has 1 heterocycles. The van der Waals surface area contributed by atoms with Gasteiger partial charge in [0.25, 0.3) is 0 Å². The lowest BCUT2D eigenvalue weighted by atomic mass is 10.00. The third-order valence-electron chi connectivity index (χ3n) is 2.84. The molecule has 0 unspecified atom stereocenters. The SMILES string of the molecule is CCc1ccc(-c2c(C)ccnc2N)cc1. The summed E-state index contributed by atoms with van der Waals surface area (Å²) in [5.41, 5.74) is 10.6. The van der Waals surface area contributed by atoms with Crippen LogP contribution in [0.2, 0.25) is 0 Å². The molecular formula is C14H16N2. The van der Waals surface area contributed by atoms with E-state index in [4.69, 9.17) is 5.73 Å². The average molecular weight is 212 g/mol. The molecule has 2 aromatic rings. The zero-order valence-corrected chi connectivity index (χ0v) is 9.70. The average Bonchev–Trinajstić information content (AvgIpc) is 2.30. The molecule has 0 saturated heterocycles. The van der Waals surface area contributed by atoms with Gasteiger partial charge >= 0.3 is 0 Å². The summed E-state index contributed by atoms with van der Waals surface area (Å²) in [6.45, 7) is 4.21. The third kappa shape index (κ3) is 1.91. The van der Waals surface area contributed by atoms with Gasteiger partial charge in [-0.2, -0.15) is 0 Å². The number of aryl methyl sites for hydroxylation is 2. The van der Waals surface area contributed by atoms with Gasteiger partial charge < -0.3 is 5.73 Å². The predicted molar refractivity (Wildman–Crippen MR) is 68.2 cm³/mol. The number of anilines is 1. The Morgan fingerprint density at radius 2 is 1.81 bits per heavy atom. The molecule has 1 aromatic carbocycles. The maximum absolute atomic E-state index is 5.91. The quantitative estimate of drug-likeness (QED) is 0.830. The van der Waals surface area contributed by atoms with Crippen LogP contribution in [0.5, 0.6) is 0 Å². The van der Waals surface area contributed by atoms with Crippen molar-refractivity contribution in [3.05, 3.63) is 47.7 Å². The van der Waals surface area contributed by atoms with E-state index < -0.39 is 0 Å². The van der Waals surface area contributed by atoms with Crippen molar-refractivity contribution in [2.24, 2.45) is 0 Å². The van der Waals surface area contributed by atoms with Crippen LogP contribution in [-0.4, -0.2) is 4.98 Å². The summed E-state index contributed by atoms with van der Waals surface area (Å²) in [5.74, 6) is 0.601. The lowest BCUT2D eigenvalue weighted by Gasteiger charge is -2.09. The Morgan fingerprint density at radius 3 is 2.38 bits per heavy atom. The maximum Gasteiger partial charge on any atom is 0.131 e. The van der Waals surface area contributed by atoms with Crippen molar-refractivity contribution < 1.29 is 0 Å². The third-order valence-corrected chi connectivity index (χ3v) is 2.84. The van der Waals surface area contributed by atoms with Gasteiger partial charge in [0, 0.05) is 11.8 Å². The second-order valence-corrected chi connectivity index (χ2v) is 3.94. The number of rotatable bonds is 2. The van der Waals surface area contributed by atoms with Crippen molar-refractivity contribution in [1.29, 1.82) is 0 Å². The van der Waals surface area contributed by atoms with Gasteiger partial charge in [0.1, 0.15) is 5.82 Å². The first-order chi connectivity index (χ1) is 7.72. The van der Waals surface area contributed by atoms with Crippen LogP contribution in [0.3, 0.4) is 0 Å².